The quantitative estimate of drug-likeness (QED) is 0.796. The topological polar surface area (TPSA) is 77.5 Å². The third kappa shape index (κ3) is 2.79. The molecule has 0 aliphatic carbocycles. The van der Waals surface area contributed by atoms with Crippen LogP contribution in [0.2, 0.25) is 0 Å². The summed E-state index contributed by atoms with van der Waals surface area (Å²) in [6.45, 7) is 0. The summed E-state index contributed by atoms with van der Waals surface area (Å²) in [5, 5.41) is 6.46. The van der Waals surface area contributed by atoms with Crippen LogP contribution in [0.15, 0.2) is 57.7 Å². The van der Waals surface area contributed by atoms with E-state index in [-0.39, 0.29) is 11.8 Å². The molecule has 2 heterocycles. The molecule has 3 aromatic rings. The van der Waals surface area contributed by atoms with Gasteiger partial charge in [-0.05, 0) is 30.3 Å². The van der Waals surface area contributed by atoms with Crippen molar-refractivity contribution in [3.8, 4) is 17.2 Å². The van der Waals surface area contributed by atoms with Gasteiger partial charge in [0.2, 0.25) is 5.88 Å². The van der Waals surface area contributed by atoms with Gasteiger partial charge in [-0.1, -0.05) is 11.2 Å². The number of anilines is 1. The zero-order valence-electron chi connectivity index (χ0n) is 11.2. The molecule has 0 unspecified atom stereocenters. The molecule has 0 fully saturated rings. The van der Waals surface area contributed by atoms with Crippen molar-refractivity contribution in [2.75, 3.05) is 12.4 Å². The lowest BCUT2D eigenvalue weighted by Crippen LogP contribution is -2.11. The Morgan fingerprint density at radius 3 is 2.90 bits per heavy atom. The first-order valence-electron chi connectivity index (χ1n) is 6.22. The number of furan rings is 1. The molecule has 106 valence electrons. The minimum atomic E-state index is -0.309. The number of methoxy groups -OCH3 is 1. The Morgan fingerprint density at radius 2 is 2.14 bits per heavy atom. The Hall–Kier alpha value is -3.02. The Kier molecular flexibility index (Phi) is 3.42. The highest BCUT2D eigenvalue weighted by atomic mass is 16.5. The van der Waals surface area contributed by atoms with Crippen LogP contribution < -0.4 is 10.1 Å². The van der Waals surface area contributed by atoms with Crippen molar-refractivity contribution in [1.29, 1.82) is 0 Å². The zero-order valence-corrected chi connectivity index (χ0v) is 11.2. The molecule has 0 bridgehead atoms. The minimum absolute atomic E-state index is 0.245. The van der Waals surface area contributed by atoms with Crippen LogP contribution in [0.1, 0.15) is 10.4 Å². The number of ether oxygens (including phenoxy) is 1. The van der Waals surface area contributed by atoms with Crippen LogP contribution in [0, 0.1) is 0 Å². The van der Waals surface area contributed by atoms with Gasteiger partial charge in [-0.25, -0.2) is 0 Å². The van der Waals surface area contributed by atoms with Crippen molar-refractivity contribution < 1.29 is 18.5 Å². The first-order valence-corrected chi connectivity index (χ1v) is 6.22. The molecule has 3 rings (SSSR count). The third-order valence-corrected chi connectivity index (χ3v) is 2.85. The Balaban J connectivity index is 1.75. The van der Waals surface area contributed by atoms with Crippen LogP contribution in [0.5, 0.6) is 5.75 Å². The lowest BCUT2D eigenvalue weighted by atomic mass is 10.2. The second-order valence-corrected chi connectivity index (χ2v) is 4.24. The average Bonchev–Trinajstić information content (AvgIpc) is 3.18. The maximum absolute atomic E-state index is 12.1. The first-order chi connectivity index (χ1) is 10.3. The first kappa shape index (κ1) is 13.0. The molecule has 21 heavy (non-hydrogen) atoms. The summed E-state index contributed by atoms with van der Waals surface area (Å²) in [4.78, 5) is 12.1. The van der Waals surface area contributed by atoms with Gasteiger partial charge >= 0.3 is 0 Å². The van der Waals surface area contributed by atoms with Gasteiger partial charge in [-0.2, -0.15) is 0 Å². The van der Waals surface area contributed by atoms with E-state index in [4.69, 9.17) is 13.7 Å². The van der Waals surface area contributed by atoms with E-state index in [2.05, 4.69) is 10.5 Å². The predicted octanol–water partition coefficient (Wildman–Crippen LogP) is 3.20. The monoisotopic (exact) mass is 284 g/mol. The second kappa shape index (κ2) is 5.54. The number of nitrogens with one attached hydrogen (secondary N) is 1. The molecular weight excluding hydrogens is 272 g/mol. The maximum atomic E-state index is 12.1. The Bertz CT molecular complexity index is 747. The summed E-state index contributed by atoms with van der Waals surface area (Å²) in [7, 11) is 1.54. The van der Waals surface area contributed by atoms with Gasteiger partial charge in [0.25, 0.3) is 5.91 Å². The molecule has 6 heteroatoms. The molecule has 0 saturated heterocycles. The number of nitrogens with zero attached hydrogens (tertiary/aromatic N) is 1. The van der Waals surface area contributed by atoms with E-state index in [1.54, 1.807) is 55.8 Å². The molecule has 0 saturated carbocycles. The van der Waals surface area contributed by atoms with Gasteiger partial charge < -0.3 is 13.7 Å². The normalized spacial score (nSPS) is 10.3. The van der Waals surface area contributed by atoms with E-state index in [9.17, 15) is 4.79 Å². The summed E-state index contributed by atoms with van der Waals surface area (Å²) in [5.74, 6) is 1.11. The molecule has 0 radical (unpaired) electrons. The van der Waals surface area contributed by atoms with Gasteiger partial charge in [-0.15, -0.1) is 0 Å². The van der Waals surface area contributed by atoms with Crippen LogP contribution in [0.25, 0.3) is 11.5 Å². The fourth-order valence-corrected chi connectivity index (χ4v) is 1.82. The largest absolute Gasteiger partial charge is 0.497 e. The highest BCUT2D eigenvalue weighted by Crippen LogP contribution is 2.22. The van der Waals surface area contributed by atoms with Gasteiger partial charge in [0, 0.05) is 11.6 Å². The lowest BCUT2D eigenvalue weighted by molar-refractivity contribution is 0.102. The molecule has 2 aromatic heterocycles. The molecule has 1 amide bonds. The van der Waals surface area contributed by atoms with Crippen LogP contribution in [-0.2, 0) is 0 Å². The number of hydrogen-bond acceptors (Lipinski definition) is 5. The number of hydrogen-bond donors (Lipinski definition) is 1. The number of aromatic nitrogens is 1. The lowest BCUT2D eigenvalue weighted by Gasteiger charge is -2.03. The van der Waals surface area contributed by atoms with Crippen molar-refractivity contribution in [3.05, 3.63) is 54.3 Å². The molecule has 0 atom stereocenters. The number of amides is 1. The Morgan fingerprint density at radius 1 is 1.24 bits per heavy atom. The van der Waals surface area contributed by atoms with E-state index in [1.807, 2.05) is 0 Å². The van der Waals surface area contributed by atoms with E-state index in [0.29, 0.717) is 22.8 Å². The number of carbonyl (C=O) groups is 1. The van der Waals surface area contributed by atoms with Crippen molar-refractivity contribution in [2.24, 2.45) is 0 Å². The number of benzene rings is 1. The zero-order chi connectivity index (χ0) is 14.7. The summed E-state index contributed by atoms with van der Waals surface area (Å²) >= 11 is 0. The standard InChI is InChI=1S/C15H12N2O4/c1-19-11-5-2-4-10(8-11)15(18)16-14-9-12(17-21-14)13-6-3-7-20-13/h2-9H,1H3,(H,16,18). The van der Waals surface area contributed by atoms with Gasteiger partial charge in [0.15, 0.2) is 11.5 Å². The highest BCUT2D eigenvalue weighted by molar-refractivity contribution is 6.03. The smallest absolute Gasteiger partial charge is 0.258 e. The highest BCUT2D eigenvalue weighted by Gasteiger charge is 2.13. The van der Waals surface area contributed by atoms with Crippen molar-refractivity contribution in [3.63, 3.8) is 0 Å². The number of rotatable bonds is 4. The van der Waals surface area contributed by atoms with Gasteiger partial charge in [0.05, 0.1) is 13.4 Å². The molecular formula is C15H12N2O4. The minimum Gasteiger partial charge on any atom is -0.497 e. The third-order valence-electron chi connectivity index (χ3n) is 2.85. The van der Waals surface area contributed by atoms with E-state index in [1.165, 1.54) is 0 Å². The second-order valence-electron chi connectivity index (χ2n) is 4.24. The molecule has 6 nitrogen and oxygen atoms in total. The van der Waals surface area contributed by atoms with Crippen LogP contribution in [0.3, 0.4) is 0 Å². The summed E-state index contributed by atoms with van der Waals surface area (Å²) in [5.41, 5.74) is 0.978. The van der Waals surface area contributed by atoms with Crippen LogP contribution >= 0.6 is 0 Å². The molecule has 0 spiro atoms. The van der Waals surface area contributed by atoms with Crippen molar-refractivity contribution in [2.45, 2.75) is 0 Å². The average molecular weight is 284 g/mol. The van der Waals surface area contributed by atoms with E-state index in [0.717, 1.165) is 0 Å². The molecule has 0 aliphatic heterocycles. The van der Waals surface area contributed by atoms with Crippen LogP contribution in [0.4, 0.5) is 5.88 Å². The summed E-state index contributed by atoms with van der Waals surface area (Å²) in [6, 6.07) is 11.9. The molecule has 1 N–H and O–H groups in total. The van der Waals surface area contributed by atoms with Crippen LogP contribution in [-0.4, -0.2) is 18.2 Å². The van der Waals surface area contributed by atoms with E-state index < -0.39 is 0 Å². The maximum Gasteiger partial charge on any atom is 0.258 e. The fourth-order valence-electron chi connectivity index (χ4n) is 1.82. The summed E-state index contributed by atoms with van der Waals surface area (Å²) in [6.07, 6.45) is 1.54. The SMILES string of the molecule is COc1cccc(C(=O)Nc2cc(-c3ccco3)no2)c1. The van der Waals surface area contributed by atoms with Crippen molar-refractivity contribution >= 4 is 11.8 Å². The molecule has 0 aliphatic rings. The Labute approximate surface area is 120 Å². The van der Waals surface area contributed by atoms with Gasteiger partial charge in [-0.3, -0.25) is 10.1 Å². The predicted molar refractivity (Wildman–Crippen MR) is 75.2 cm³/mol. The number of carbonyl (C=O) groups excluding carboxylic acids is 1. The van der Waals surface area contributed by atoms with Gasteiger partial charge in [0.1, 0.15) is 5.75 Å². The molecule has 1 aromatic carbocycles. The van der Waals surface area contributed by atoms with E-state index >= 15 is 0 Å². The van der Waals surface area contributed by atoms with Crippen molar-refractivity contribution in [1.82, 2.24) is 5.16 Å². The summed E-state index contributed by atoms with van der Waals surface area (Å²) < 4.78 is 15.3. The fraction of sp³-hybridized carbons (Fsp3) is 0.0667.